The Morgan fingerprint density at radius 1 is 1.29 bits per heavy atom. The minimum Gasteiger partial charge on any atom is -0.387 e. The Morgan fingerprint density at radius 2 is 2.04 bits per heavy atom. The van der Waals surface area contributed by atoms with Crippen LogP contribution in [0.15, 0.2) is 35.7 Å². The first-order valence-electron chi connectivity index (χ1n) is 8.78. The second-order valence-electron chi connectivity index (χ2n) is 6.66. The Balaban J connectivity index is 1.35. The number of aliphatic hydroxyl groups excluding tert-OH is 1. The topological polar surface area (TPSA) is 48.4 Å². The van der Waals surface area contributed by atoms with Crippen LogP contribution in [0.5, 0.6) is 0 Å². The first kappa shape index (κ1) is 17.5. The molecule has 24 heavy (non-hydrogen) atoms. The van der Waals surface area contributed by atoms with Gasteiger partial charge in [-0.3, -0.25) is 0 Å². The molecule has 1 aliphatic rings. The van der Waals surface area contributed by atoms with Crippen molar-refractivity contribution in [1.82, 2.24) is 15.2 Å². The van der Waals surface area contributed by atoms with Crippen molar-refractivity contribution in [3.8, 4) is 0 Å². The van der Waals surface area contributed by atoms with E-state index in [1.807, 2.05) is 37.3 Å². The lowest BCUT2D eigenvalue weighted by Crippen LogP contribution is -2.39. The summed E-state index contributed by atoms with van der Waals surface area (Å²) < 4.78 is 0. The summed E-state index contributed by atoms with van der Waals surface area (Å²) in [5.74, 6) is 0.731. The van der Waals surface area contributed by atoms with E-state index in [9.17, 15) is 5.11 Å². The second kappa shape index (κ2) is 8.72. The summed E-state index contributed by atoms with van der Waals surface area (Å²) in [7, 11) is 0. The highest BCUT2D eigenvalue weighted by Gasteiger charge is 2.21. The summed E-state index contributed by atoms with van der Waals surface area (Å²) >= 11 is 1.71. The van der Waals surface area contributed by atoms with E-state index in [0.29, 0.717) is 0 Å². The molecular weight excluding hydrogens is 318 g/mol. The van der Waals surface area contributed by atoms with E-state index in [1.165, 1.54) is 12.8 Å². The summed E-state index contributed by atoms with van der Waals surface area (Å²) in [6.45, 7) is 6.87. The number of aliphatic hydroxyl groups is 1. The van der Waals surface area contributed by atoms with Gasteiger partial charge in [0, 0.05) is 18.5 Å². The van der Waals surface area contributed by atoms with Crippen LogP contribution < -0.4 is 5.32 Å². The Bertz CT molecular complexity index is 608. The lowest BCUT2D eigenvalue weighted by Gasteiger charge is -2.33. The van der Waals surface area contributed by atoms with Gasteiger partial charge < -0.3 is 15.3 Å². The minimum atomic E-state index is -0.381. The number of hydrogen-bond acceptors (Lipinski definition) is 5. The number of thiazole rings is 1. The van der Waals surface area contributed by atoms with Gasteiger partial charge in [0.05, 0.1) is 16.8 Å². The molecule has 2 aromatic rings. The quantitative estimate of drug-likeness (QED) is 0.810. The van der Waals surface area contributed by atoms with Gasteiger partial charge in [0.25, 0.3) is 0 Å². The summed E-state index contributed by atoms with van der Waals surface area (Å²) in [5, 5.41) is 17.2. The average molecular weight is 346 g/mol. The summed E-state index contributed by atoms with van der Waals surface area (Å²) in [6, 6.07) is 9.96. The molecule has 1 aromatic heterocycles. The third-order valence-electron chi connectivity index (χ3n) is 4.73. The van der Waals surface area contributed by atoms with Crippen molar-refractivity contribution in [1.29, 1.82) is 0 Å². The van der Waals surface area contributed by atoms with Gasteiger partial charge in [-0.2, -0.15) is 0 Å². The number of aromatic nitrogens is 1. The molecular formula is C19H27N3OS. The number of hydrogen-bond donors (Lipinski definition) is 2. The number of likely N-dealkylation sites (tertiary alicyclic amines) is 1. The Hall–Kier alpha value is -1.27. The average Bonchev–Trinajstić information content (AvgIpc) is 3.02. The van der Waals surface area contributed by atoms with Crippen LogP contribution in [0.25, 0.3) is 0 Å². The van der Waals surface area contributed by atoms with Crippen molar-refractivity contribution < 1.29 is 5.11 Å². The van der Waals surface area contributed by atoms with Crippen molar-refractivity contribution >= 4 is 11.3 Å². The Labute approximate surface area is 148 Å². The number of benzene rings is 1. The molecule has 1 atom stereocenters. The van der Waals surface area contributed by atoms with Crippen LogP contribution in [0, 0.1) is 12.8 Å². The Morgan fingerprint density at radius 3 is 2.71 bits per heavy atom. The molecule has 1 aromatic carbocycles. The van der Waals surface area contributed by atoms with Crippen LogP contribution in [0.2, 0.25) is 0 Å². The fraction of sp³-hybridized carbons (Fsp3) is 0.526. The van der Waals surface area contributed by atoms with Crippen LogP contribution in [-0.2, 0) is 6.54 Å². The zero-order chi connectivity index (χ0) is 16.8. The van der Waals surface area contributed by atoms with E-state index >= 15 is 0 Å². The number of aryl methyl sites for hydroxylation is 1. The maximum atomic E-state index is 10.3. The predicted octanol–water partition coefficient (Wildman–Crippen LogP) is 2.99. The number of nitrogens with one attached hydrogen (secondary N) is 1. The van der Waals surface area contributed by atoms with E-state index in [0.717, 1.165) is 54.9 Å². The molecule has 1 fully saturated rings. The molecule has 0 unspecified atom stereocenters. The first-order chi connectivity index (χ1) is 11.7. The molecule has 4 nitrogen and oxygen atoms in total. The zero-order valence-corrected chi connectivity index (χ0v) is 15.1. The van der Waals surface area contributed by atoms with E-state index in [1.54, 1.807) is 11.3 Å². The highest BCUT2D eigenvalue weighted by Crippen LogP contribution is 2.20. The molecule has 1 aliphatic heterocycles. The highest BCUT2D eigenvalue weighted by atomic mass is 32.1. The first-order valence-corrected chi connectivity index (χ1v) is 9.66. The molecule has 2 N–H and O–H groups in total. The van der Waals surface area contributed by atoms with E-state index < -0.39 is 0 Å². The summed E-state index contributed by atoms with van der Waals surface area (Å²) in [4.78, 5) is 6.87. The van der Waals surface area contributed by atoms with Gasteiger partial charge in [-0.15, -0.1) is 11.3 Å². The molecule has 0 radical (unpaired) electrons. The third-order valence-corrected chi connectivity index (χ3v) is 5.55. The maximum Gasteiger partial charge on any atom is 0.0916 e. The molecule has 130 valence electrons. The molecule has 0 aliphatic carbocycles. The molecule has 0 spiro atoms. The van der Waals surface area contributed by atoms with Crippen LogP contribution in [0.1, 0.15) is 35.2 Å². The van der Waals surface area contributed by atoms with Crippen LogP contribution >= 0.6 is 11.3 Å². The van der Waals surface area contributed by atoms with Crippen LogP contribution in [0.4, 0.5) is 0 Å². The smallest absolute Gasteiger partial charge is 0.0916 e. The fourth-order valence-corrected chi connectivity index (χ4v) is 3.90. The zero-order valence-electron chi connectivity index (χ0n) is 14.3. The van der Waals surface area contributed by atoms with Gasteiger partial charge >= 0.3 is 0 Å². The molecule has 5 heteroatoms. The van der Waals surface area contributed by atoms with E-state index in [2.05, 4.69) is 20.6 Å². The normalized spacial score (nSPS) is 17.9. The molecule has 2 heterocycles. The van der Waals surface area contributed by atoms with Gasteiger partial charge in [-0.25, -0.2) is 4.98 Å². The molecule has 0 bridgehead atoms. The number of β-amino-alcohol motifs (C(OH)–C–C–N with tert-alkyl or cyclic N) is 1. The monoisotopic (exact) mass is 345 g/mol. The Kier molecular flexibility index (Phi) is 6.37. The largest absolute Gasteiger partial charge is 0.387 e. The number of piperidine rings is 1. The molecule has 3 rings (SSSR count). The third kappa shape index (κ3) is 5.11. The lowest BCUT2D eigenvalue weighted by molar-refractivity contribution is 0.0891. The number of nitrogens with zero attached hydrogens (tertiary/aromatic N) is 2. The highest BCUT2D eigenvalue weighted by molar-refractivity contribution is 7.09. The van der Waals surface area contributed by atoms with Gasteiger partial charge in [0.2, 0.25) is 0 Å². The predicted molar refractivity (Wildman–Crippen MR) is 99.1 cm³/mol. The van der Waals surface area contributed by atoms with E-state index in [-0.39, 0.29) is 6.10 Å². The standard InChI is InChI=1S/C19H27N3OS/c1-15-21-18(14-24-15)12-20-11-16-7-9-22(10-8-16)13-19(23)17-5-3-2-4-6-17/h2-6,14,16,19-20,23H,7-13H2,1H3/t19-/m0/s1. The van der Waals surface area contributed by atoms with Crippen molar-refractivity contribution in [3.05, 3.63) is 52.0 Å². The number of rotatable bonds is 7. The van der Waals surface area contributed by atoms with Gasteiger partial charge in [-0.1, -0.05) is 30.3 Å². The van der Waals surface area contributed by atoms with Crippen LogP contribution in [0.3, 0.4) is 0 Å². The maximum absolute atomic E-state index is 10.3. The lowest BCUT2D eigenvalue weighted by atomic mass is 9.96. The van der Waals surface area contributed by atoms with Crippen molar-refractivity contribution in [2.75, 3.05) is 26.2 Å². The van der Waals surface area contributed by atoms with E-state index in [4.69, 9.17) is 0 Å². The van der Waals surface area contributed by atoms with Crippen molar-refractivity contribution in [2.45, 2.75) is 32.4 Å². The fourth-order valence-electron chi connectivity index (χ4n) is 3.29. The SMILES string of the molecule is Cc1nc(CNCC2CCN(C[C@H](O)c3ccccc3)CC2)cs1. The van der Waals surface area contributed by atoms with Crippen LogP contribution in [-0.4, -0.2) is 41.2 Å². The summed E-state index contributed by atoms with van der Waals surface area (Å²) in [5.41, 5.74) is 2.17. The van der Waals surface area contributed by atoms with Gasteiger partial charge in [0.1, 0.15) is 0 Å². The van der Waals surface area contributed by atoms with Crippen molar-refractivity contribution in [3.63, 3.8) is 0 Å². The van der Waals surface area contributed by atoms with Crippen molar-refractivity contribution in [2.24, 2.45) is 5.92 Å². The molecule has 0 amide bonds. The molecule has 1 saturated heterocycles. The minimum absolute atomic E-state index is 0.381. The van der Waals surface area contributed by atoms with Gasteiger partial charge in [-0.05, 0) is 50.9 Å². The second-order valence-corrected chi connectivity index (χ2v) is 7.72. The van der Waals surface area contributed by atoms with Gasteiger partial charge in [0.15, 0.2) is 0 Å². The molecule has 0 saturated carbocycles. The summed E-state index contributed by atoms with van der Waals surface area (Å²) in [6.07, 6.45) is 2.02.